The number of rotatable bonds is 3. The number of carbonyl (C=O) groups is 2. The molecule has 1 amide bonds. The van der Waals surface area contributed by atoms with E-state index in [4.69, 9.17) is 0 Å². The second-order valence-corrected chi connectivity index (χ2v) is 5.53. The van der Waals surface area contributed by atoms with Crippen molar-refractivity contribution in [3.8, 4) is 0 Å². The number of halogens is 1. The summed E-state index contributed by atoms with van der Waals surface area (Å²) in [7, 11) is 0. The third-order valence-electron chi connectivity index (χ3n) is 3.98. The van der Waals surface area contributed by atoms with Crippen LogP contribution in [0.3, 0.4) is 0 Å². The molecule has 2 rings (SSSR count). The molecule has 0 bridgehead atoms. The molecule has 20 heavy (non-hydrogen) atoms. The number of nitrogens with one attached hydrogen (secondary N) is 1. The van der Waals surface area contributed by atoms with Crippen LogP contribution in [0.1, 0.15) is 25.3 Å². The molecule has 0 saturated heterocycles. The lowest BCUT2D eigenvalue weighted by Crippen LogP contribution is -2.30. The number of amides is 1. The van der Waals surface area contributed by atoms with E-state index in [1.807, 2.05) is 6.92 Å². The Labute approximate surface area is 117 Å². The average Bonchev–Trinajstić information content (AvgIpc) is 2.77. The number of benzene rings is 1. The number of aliphatic carboxylic acids is 1. The quantitative estimate of drug-likeness (QED) is 0.894. The maximum atomic E-state index is 13.4. The van der Waals surface area contributed by atoms with Crippen LogP contribution in [0.2, 0.25) is 0 Å². The topological polar surface area (TPSA) is 66.4 Å². The van der Waals surface area contributed by atoms with E-state index in [2.05, 4.69) is 5.32 Å². The zero-order valence-electron chi connectivity index (χ0n) is 11.5. The van der Waals surface area contributed by atoms with Crippen molar-refractivity contribution in [2.24, 2.45) is 17.8 Å². The van der Waals surface area contributed by atoms with Crippen molar-refractivity contribution in [3.63, 3.8) is 0 Å². The number of carbonyl (C=O) groups excluding carboxylic acids is 1. The molecule has 1 aliphatic rings. The monoisotopic (exact) mass is 279 g/mol. The Balaban J connectivity index is 2.15. The lowest BCUT2D eigenvalue weighted by atomic mass is 9.95. The van der Waals surface area contributed by atoms with Gasteiger partial charge in [0.1, 0.15) is 5.82 Å². The van der Waals surface area contributed by atoms with Gasteiger partial charge in [-0.2, -0.15) is 0 Å². The number of hydrogen-bond acceptors (Lipinski definition) is 2. The minimum Gasteiger partial charge on any atom is -0.481 e. The van der Waals surface area contributed by atoms with Crippen molar-refractivity contribution in [1.82, 2.24) is 0 Å². The third-order valence-corrected chi connectivity index (χ3v) is 3.98. The van der Waals surface area contributed by atoms with E-state index in [0.717, 1.165) is 0 Å². The molecule has 0 aromatic heterocycles. The summed E-state index contributed by atoms with van der Waals surface area (Å²) in [5, 5.41) is 11.8. The summed E-state index contributed by atoms with van der Waals surface area (Å²) in [5.74, 6) is -2.66. The van der Waals surface area contributed by atoms with Gasteiger partial charge in [0.05, 0.1) is 11.8 Å². The molecular formula is C15H18FNO3. The van der Waals surface area contributed by atoms with Crippen LogP contribution in [0.15, 0.2) is 18.2 Å². The van der Waals surface area contributed by atoms with Crippen LogP contribution in [-0.4, -0.2) is 17.0 Å². The first-order valence-electron chi connectivity index (χ1n) is 6.69. The summed E-state index contributed by atoms with van der Waals surface area (Å²) < 4.78 is 13.4. The van der Waals surface area contributed by atoms with Crippen molar-refractivity contribution in [2.45, 2.75) is 26.7 Å². The van der Waals surface area contributed by atoms with E-state index in [1.165, 1.54) is 12.1 Å². The number of carboxylic acid groups (broad SMARTS) is 1. The molecule has 3 atom stereocenters. The molecule has 1 aromatic rings. The molecule has 0 spiro atoms. The van der Waals surface area contributed by atoms with Gasteiger partial charge in [-0.25, -0.2) is 4.39 Å². The summed E-state index contributed by atoms with van der Waals surface area (Å²) in [6, 6.07) is 4.46. The average molecular weight is 279 g/mol. The van der Waals surface area contributed by atoms with Crippen LogP contribution in [-0.2, 0) is 9.59 Å². The summed E-state index contributed by atoms with van der Waals surface area (Å²) in [6.45, 7) is 3.52. The normalized spacial score (nSPS) is 25.4. The number of carboxylic acids is 1. The van der Waals surface area contributed by atoms with Crippen LogP contribution in [0.25, 0.3) is 0 Å². The van der Waals surface area contributed by atoms with Crippen LogP contribution >= 0.6 is 0 Å². The second-order valence-electron chi connectivity index (χ2n) is 5.53. The van der Waals surface area contributed by atoms with Crippen molar-refractivity contribution < 1.29 is 19.1 Å². The van der Waals surface area contributed by atoms with Crippen molar-refractivity contribution in [2.75, 3.05) is 5.32 Å². The minimum atomic E-state index is -0.939. The summed E-state index contributed by atoms with van der Waals surface area (Å²) >= 11 is 0. The zero-order valence-corrected chi connectivity index (χ0v) is 11.5. The highest BCUT2D eigenvalue weighted by Crippen LogP contribution is 2.37. The molecule has 108 valence electrons. The molecule has 0 heterocycles. The lowest BCUT2D eigenvalue weighted by Gasteiger charge is -2.16. The van der Waals surface area contributed by atoms with Crippen LogP contribution in [0, 0.1) is 30.5 Å². The van der Waals surface area contributed by atoms with Gasteiger partial charge in [0.15, 0.2) is 0 Å². The molecule has 0 aliphatic heterocycles. The van der Waals surface area contributed by atoms with E-state index in [-0.39, 0.29) is 11.8 Å². The molecule has 5 heteroatoms. The standard InChI is InChI=1S/C15H18FNO3/c1-8-6-10(11(7-8)15(19)20)14(18)17-13-5-3-4-12(16)9(13)2/h3-5,8,10-11H,6-7H2,1-2H3,(H,17,18)(H,19,20). The molecule has 3 unspecified atom stereocenters. The van der Waals surface area contributed by atoms with E-state index in [1.54, 1.807) is 13.0 Å². The second kappa shape index (κ2) is 5.61. The van der Waals surface area contributed by atoms with Gasteiger partial charge in [0.25, 0.3) is 0 Å². The third kappa shape index (κ3) is 2.81. The van der Waals surface area contributed by atoms with Crippen molar-refractivity contribution in [3.05, 3.63) is 29.6 Å². The Kier molecular flexibility index (Phi) is 4.06. The van der Waals surface area contributed by atoms with Crippen molar-refractivity contribution >= 4 is 17.6 Å². The first kappa shape index (κ1) is 14.5. The molecule has 4 nitrogen and oxygen atoms in total. The molecule has 1 fully saturated rings. The molecular weight excluding hydrogens is 261 g/mol. The predicted octanol–water partition coefficient (Wildman–Crippen LogP) is 2.82. The fraction of sp³-hybridized carbons (Fsp3) is 0.467. The van der Waals surface area contributed by atoms with Gasteiger partial charge in [0.2, 0.25) is 5.91 Å². The Morgan fingerprint density at radius 2 is 1.95 bits per heavy atom. The Morgan fingerprint density at radius 1 is 1.30 bits per heavy atom. The van der Waals surface area contributed by atoms with Gasteiger partial charge >= 0.3 is 5.97 Å². The van der Waals surface area contributed by atoms with E-state index in [9.17, 15) is 19.1 Å². The van der Waals surface area contributed by atoms with Crippen LogP contribution < -0.4 is 5.32 Å². The van der Waals surface area contributed by atoms with Gasteiger partial charge in [-0.05, 0) is 37.8 Å². The lowest BCUT2D eigenvalue weighted by molar-refractivity contribution is -0.145. The maximum absolute atomic E-state index is 13.4. The molecule has 0 radical (unpaired) electrons. The van der Waals surface area contributed by atoms with E-state index < -0.39 is 23.6 Å². The zero-order chi connectivity index (χ0) is 14.9. The van der Waals surface area contributed by atoms with E-state index >= 15 is 0 Å². The largest absolute Gasteiger partial charge is 0.481 e. The SMILES string of the molecule is Cc1c(F)cccc1NC(=O)C1CC(C)CC1C(=O)O. The smallest absolute Gasteiger partial charge is 0.307 e. The predicted molar refractivity (Wildman–Crippen MR) is 72.8 cm³/mol. The summed E-state index contributed by atoms with van der Waals surface area (Å²) in [4.78, 5) is 23.4. The van der Waals surface area contributed by atoms with Gasteiger partial charge in [0, 0.05) is 11.3 Å². The highest BCUT2D eigenvalue weighted by Gasteiger charge is 2.41. The fourth-order valence-electron chi connectivity index (χ4n) is 2.82. The Bertz CT molecular complexity index is 544. The van der Waals surface area contributed by atoms with Gasteiger partial charge in [-0.15, -0.1) is 0 Å². The molecule has 2 N–H and O–H groups in total. The summed E-state index contributed by atoms with van der Waals surface area (Å²) in [6.07, 6.45) is 1.06. The van der Waals surface area contributed by atoms with Gasteiger partial charge < -0.3 is 10.4 Å². The highest BCUT2D eigenvalue weighted by atomic mass is 19.1. The number of hydrogen-bond donors (Lipinski definition) is 2. The fourth-order valence-corrected chi connectivity index (χ4v) is 2.82. The molecule has 1 aliphatic carbocycles. The van der Waals surface area contributed by atoms with E-state index in [0.29, 0.717) is 24.1 Å². The molecule has 1 aromatic carbocycles. The summed E-state index contributed by atoms with van der Waals surface area (Å²) in [5.41, 5.74) is 0.762. The van der Waals surface area contributed by atoms with Crippen molar-refractivity contribution in [1.29, 1.82) is 0 Å². The minimum absolute atomic E-state index is 0.209. The van der Waals surface area contributed by atoms with Crippen LogP contribution in [0.4, 0.5) is 10.1 Å². The Morgan fingerprint density at radius 3 is 2.60 bits per heavy atom. The van der Waals surface area contributed by atoms with Gasteiger partial charge in [-0.1, -0.05) is 13.0 Å². The Hall–Kier alpha value is -1.91. The first-order valence-corrected chi connectivity index (χ1v) is 6.69. The molecule has 1 saturated carbocycles. The van der Waals surface area contributed by atoms with Crippen LogP contribution in [0.5, 0.6) is 0 Å². The first-order chi connectivity index (χ1) is 9.40. The highest BCUT2D eigenvalue weighted by molar-refractivity contribution is 5.96. The number of anilines is 1. The van der Waals surface area contributed by atoms with Gasteiger partial charge in [-0.3, -0.25) is 9.59 Å². The maximum Gasteiger partial charge on any atom is 0.307 e.